The summed E-state index contributed by atoms with van der Waals surface area (Å²) in [5.74, 6) is 0. The Hall–Kier alpha value is -0.420. The highest BCUT2D eigenvalue weighted by molar-refractivity contribution is 9.10. The molecule has 3 heterocycles. The first-order chi connectivity index (χ1) is 9.78. The van der Waals surface area contributed by atoms with E-state index in [0.717, 1.165) is 26.2 Å². The Bertz CT molecular complexity index is 507. The van der Waals surface area contributed by atoms with Crippen LogP contribution in [0.25, 0.3) is 0 Å². The molecular weight excluding hydrogens is 316 g/mol. The second-order valence-corrected chi connectivity index (χ2v) is 7.25. The molecule has 20 heavy (non-hydrogen) atoms. The standard InChI is InChI=1S/C16H21BrN2O/c17-13-5-11-3-4-20-10-16(11)12(6-13)7-19-8-14-1-2-15(9-19)18-14/h5-6,14-15,18H,1-4,7-10H2. The van der Waals surface area contributed by atoms with Gasteiger partial charge in [0.2, 0.25) is 0 Å². The summed E-state index contributed by atoms with van der Waals surface area (Å²) in [6, 6.07) is 5.99. The smallest absolute Gasteiger partial charge is 0.0722 e. The zero-order valence-electron chi connectivity index (χ0n) is 11.7. The molecule has 2 unspecified atom stereocenters. The molecule has 1 N–H and O–H groups in total. The van der Waals surface area contributed by atoms with E-state index in [-0.39, 0.29) is 0 Å². The fourth-order valence-electron chi connectivity index (χ4n) is 3.92. The number of nitrogens with one attached hydrogen (secondary N) is 1. The number of piperazine rings is 1. The van der Waals surface area contributed by atoms with Crippen molar-refractivity contribution in [2.45, 2.75) is 44.5 Å². The van der Waals surface area contributed by atoms with Crippen LogP contribution in [0.4, 0.5) is 0 Å². The molecule has 0 radical (unpaired) electrons. The highest BCUT2D eigenvalue weighted by Gasteiger charge is 2.32. The molecule has 4 rings (SSSR count). The van der Waals surface area contributed by atoms with Crippen molar-refractivity contribution in [2.75, 3.05) is 19.7 Å². The van der Waals surface area contributed by atoms with Crippen molar-refractivity contribution < 1.29 is 4.74 Å². The molecule has 0 spiro atoms. The summed E-state index contributed by atoms with van der Waals surface area (Å²) in [6.45, 7) is 5.11. The summed E-state index contributed by atoms with van der Waals surface area (Å²) in [5, 5.41) is 3.70. The van der Waals surface area contributed by atoms with E-state index in [0.29, 0.717) is 12.1 Å². The van der Waals surface area contributed by atoms with E-state index in [1.807, 2.05) is 0 Å². The van der Waals surface area contributed by atoms with Crippen LogP contribution < -0.4 is 5.32 Å². The second kappa shape index (κ2) is 5.41. The average Bonchev–Trinajstić information content (AvgIpc) is 2.78. The molecule has 2 saturated heterocycles. The van der Waals surface area contributed by atoms with Gasteiger partial charge < -0.3 is 10.1 Å². The van der Waals surface area contributed by atoms with Crippen LogP contribution in [0.3, 0.4) is 0 Å². The van der Waals surface area contributed by atoms with Crippen LogP contribution in [-0.2, 0) is 24.3 Å². The summed E-state index contributed by atoms with van der Waals surface area (Å²) in [5.41, 5.74) is 4.36. The molecule has 0 saturated carbocycles. The number of likely N-dealkylation sites (tertiary alicyclic amines) is 1. The average molecular weight is 337 g/mol. The highest BCUT2D eigenvalue weighted by atomic mass is 79.9. The maximum absolute atomic E-state index is 5.67. The SMILES string of the molecule is Brc1cc2c(c(CN3CC4CCC(C3)N4)c1)COCC2. The lowest BCUT2D eigenvalue weighted by atomic mass is 9.97. The number of hydrogen-bond donors (Lipinski definition) is 1. The number of ether oxygens (including phenoxy) is 1. The van der Waals surface area contributed by atoms with Crippen molar-refractivity contribution in [3.05, 3.63) is 33.3 Å². The van der Waals surface area contributed by atoms with Gasteiger partial charge in [0.1, 0.15) is 0 Å². The van der Waals surface area contributed by atoms with Crippen LogP contribution in [0, 0.1) is 0 Å². The quantitative estimate of drug-likeness (QED) is 0.897. The van der Waals surface area contributed by atoms with Crippen LogP contribution in [0.2, 0.25) is 0 Å². The monoisotopic (exact) mass is 336 g/mol. The number of halogens is 1. The minimum atomic E-state index is 0.716. The normalized spacial score (nSPS) is 29.4. The van der Waals surface area contributed by atoms with E-state index in [1.165, 1.54) is 47.1 Å². The van der Waals surface area contributed by atoms with Crippen LogP contribution in [0.1, 0.15) is 29.5 Å². The van der Waals surface area contributed by atoms with Gasteiger partial charge in [-0.15, -0.1) is 0 Å². The van der Waals surface area contributed by atoms with Gasteiger partial charge in [-0.05, 0) is 48.1 Å². The van der Waals surface area contributed by atoms with Gasteiger partial charge in [0.05, 0.1) is 13.2 Å². The number of rotatable bonds is 2. The molecule has 1 aromatic carbocycles. The molecule has 2 atom stereocenters. The van der Waals surface area contributed by atoms with E-state index >= 15 is 0 Å². The first-order valence-electron chi connectivity index (χ1n) is 7.64. The van der Waals surface area contributed by atoms with Gasteiger partial charge >= 0.3 is 0 Å². The third-order valence-corrected chi connectivity index (χ3v) is 5.31. The van der Waals surface area contributed by atoms with Gasteiger partial charge in [-0.1, -0.05) is 15.9 Å². The molecule has 2 fully saturated rings. The van der Waals surface area contributed by atoms with Crippen molar-refractivity contribution >= 4 is 15.9 Å². The lowest BCUT2D eigenvalue weighted by Crippen LogP contribution is -2.50. The summed E-state index contributed by atoms with van der Waals surface area (Å²) < 4.78 is 6.89. The van der Waals surface area contributed by atoms with Crippen molar-refractivity contribution in [2.24, 2.45) is 0 Å². The number of benzene rings is 1. The Morgan fingerprint density at radius 3 is 2.85 bits per heavy atom. The van der Waals surface area contributed by atoms with Gasteiger partial charge in [0, 0.05) is 36.2 Å². The third-order valence-electron chi connectivity index (χ3n) is 4.85. The van der Waals surface area contributed by atoms with Gasteiger partial charge in [-0.3, -0.25) is 4.90 Å². The van der Waals surface area contributed by atoms with E-state index in [1.54, 1.807) is 0 Å². The second-order valence-electron chi connectivity index (χ2n) is 6.34. The van der Waals surface area contributed by atoms with Crippen molar-refractivity contribution in [3.63, 3.8) is 0 Å². The van der Waals surface area contributed by atoms with Crippen LogP contribution in [0.5, 0.6) is 0 Å². The minimum absolute atomic E-state index is 0.716. The lowest BCUT2D eigenvalue weighted by molar-refractivity contribution is 0.108. The number of nitrogens with zero attached hydrogens (tertiary/aromatic N) is 1. The summed E-state index contributed by atoms with van der Waals surface area (Å²) >= 11 is 3.67. The van der Waals surface area contributed by atoms with Crippen LogP contribution >= 0.6 is 15.9 Å². The molecule has 3 aliphatic heterocycles. The highest BCUT2D eigenvalue weighted by Crippen LogP contribution is 2.28. The van der Waals surface area contributed by atoms with Crippen LogP contribution in [0.15, 0.2) is 16.6 Å². The van der Waals surface area contributed by atoms with Crippen molar-refractivity contribution in [1.29, 1.82) is 0 Å². The predicted octanol–water partition coefficient (Wildman–Crippen LogP) is 2.46. The lowest BCUT2D eigenvalue weighted by Gasteiger charge is -2.34. The van der Waals surface area contributed by atoms with Gasteiger partial charge in [-0.25, -0.2) is 0 Å². The van der Waals surface area contributed by atoms with E-state index in [4.69, 9.17) is 4.74 Å². The molecule has 1 aromatic rings. The molecule has 3 nitrogen and oxygen atoms in total. The zero-order chi connectivity index (χ0) is 13.5. The maximum Gasteiger partial charge on any atom is 0.0722 e. The Labute approximate surface area is 128 Å². The van der Waals surface area contributed by atoms with Crippen molar-refractivity contribution in [3.8, 4) is 0 Å². The number of fused-ring (bicyclic) bond motifs is 3. The minimum Gasteiger partial charge on any atom is -0.376 e. The molecule has 108 valence electrons. The summed E-state index contributed by atoms with van der Waals surface area (Å²) in [7, 11) is 0. The van der Waals surface area contributed by atoms with Gasteiger partial charge in [0.15, 0.2) is 0 Å². The molecule has 4 heteroatoms. The van der Waals surface area contributed by atoms with Crippen LogP contribution in [-0.4, -0.2) is 36.7 Å². The molecule has 2 bridgehead atoms. The third kappa shape index (κ3) is 2.54. The first-order valence-corrected chi connectivity index (χ1v) is 8.43. The van der Waals surface area contributed by atoms with Gasteiger partial charge in [-0.2, -0.15) is 0 Å². The fraction of sp³-hybridized carbons (Fsp3) is 0.625. The van der Waals surface area contributed by atoms with E-state index in [9.17, 15) is 0 Å². The van der Waals surface area contributed by atoms with Gasteiger partial charge in [0.25, 0.3) is 0 Å². The Kier molecular flexibility index (Phi) is 3.59. The maximum atomic E-state index is 5.67. The predicted molar refractivity (Wildman–Crippen MR) is 82.7 cm³/mol. The molecular formula is C16H21BrN2O. The Morgan fingerprint density at radius 1 is 1.25 bits per heavy atom. The largest absolute Gasteiger partial charge is 0.376 e. The molecule has 0 amide bonds. The summed E-state index contributed by atoms with van der Waals surface area (Å²) in [6.07, 6.45) is 3.75. The van der Waals surface area contributed by atoms with Crippen molar-refractivity contribution in [1.82, 2.24) is 10.2 Å². The Morgan fingerprint density at radius 2 is 2.05 bits per heavy atom. The zero-order valence-corrected chi connectivity index (χ0v) is 13.3. The molecule has 0 aliphatic carbocycles. The fourth-order valence-corrected chi connectivity index (χ4v) is 4.47. The van der Waals surface area contributed by atoms with E-state index in [2.05, 4.69) is 38.3 Å². The molecule has 0 aromatic heterocycles. The first kappa shape index (κ1) is 13.3. The number of hydrogen-bond acceptors (Lipinski definition) is 3. The topological polar surface area (TPSA) is 24.5 Å². The summed E-state index contributed by atoms with van der Waals surface area (Å²) in [4.78, 5) is 2.62. The molecule has 3 aliphatic rings. The Balaban J connectivity index is 1.57. The van der Waals surface area contributed by atoms with E-state index < -0.39 is 0 Å².